The van der Waals surface area contributed by atoms with Gasteiger partial charge in [-0.2, -0.15) is 0 Å². The van der Waals surface area contributed by atoms with E-state index in [-0.39, 0.29) is 0 Å². The van der Waals surface area contributed by atoms with Crippen LogP contribution in [0, 0.1) is 5.92 Å². The molecule has 2 atom stereocenters. The molecule has 0 bridgehead atoms. The standard InChI is InChI=1S/C13H28N4/c1-5-11(3)16-13(14-4)15-9-12-7-8-17(6-2)10-12/h11-12H,5-10H2,1-4H3,(H2,14,15,16). The first kappa shape index (κ1) is 14.3. The molecule has 0 aliphatic carbocycles. The molecule has 100 valence electrons. The van der Waals surface area contributed by atoms with E-state index in [2.05, 4.69) is 41.3 Å². The fraction of sp³-hybridized carbons (Fsp3) is 0.923. The molecule has 0 amide bonds. The summed E-state index contributed by atoms with van der Waals surface area (Å²) in [6.45, 7) is 11.3. The van der Waals surface area contributed by atoms with Crippen LogP contribution in [0.25, 0.3) is 0 Å². The molecule has 4 nitrogen and oxygen atoms in total. The Morgan fingerprint density at radius 3 is 2.76 bits per heavy atom. The van der Waals surface area contributed by atoms with Gasteiger partial charge in [-0.15, -0.1) is 0 Å². The van der Waals surface area contributed by atoms with Crippen molar-refractivity contribution in [1.29, 1.82) is 0 Å². The van der Waals surface area contributed by atoms with Gasteiger partial charge < -0.3 is 15.5 Å². The van der Waals surface area contributed by atoms with Gasteiger partial charge in [0, 0.05) is 26.2 Å². The van der Waals surface area contributed by atoms with Crippen LogP contribution < -0.4 is 10.6 Å². The third-order valence-electron chi connectivity index (χ3n) is 3.59. The Morgan fingerprint density at radius 1 is 1.47 bits per heavy atom. The zero-order valence-corrected chi connectivity index (χ0v) is 11.8. The zero-order chi connectivity index (χ0) is 12.7. The van der Waals surface area contributed by atoms with E-state index >= 15 is 0 Å². The van der Waals surface area contributed by atoms with Crippen molar-refractivity contribution in [3.8, 4) is 0 Å². The summed E-state index contributed by atoms with van der Waals surface area (Å²) < 4.78 is 0. The molecule has 2 unspecified atom stereocenters. The first-order chi connectivity index (χ1) is 8.19. The summed E-state index contributed by atoms with van der Waals surface area (Å²) >= 11 is 0. The predicted octanol–water partition coefficient (Wildman–Crippen LogP) is 1.29. The van der Waals surface area contributed by atoms with E-state index < -0.39 is 0 Å². The molecule has 0 saturated carbocycles. The number of likely N-dealkylation sites (tertiary alicyclic amines) is 1. The minimum Gasteiger partial charge on any atom is -0.356 e. The lowest BCUT2D eigenvalue weighted by Crippen LogP contribution is -2.43. The Morgan fingerprint density at radius 2 is 2.24 bits per heavy atom. The predicted molar refractivity (Wildman–Crippen MR) is 74.5 cm³/mol. The molecule has 1 fully saturated rings. The lowest BCUT2D eigenvalue weighted by atomic mass is 10.1. The Bertz CT molecular complexity index is 240. The van der Waals surface area contributed by atoms with Crippen LogP contribution in [0.4, 0.5) is 0 Å². The molecular formula is C13H28N4. The quantitative estimate of drug-likeness (QED) is 0.562. The number of nitrogens with one attached hydrogen (secondary N) is 2. The summed E-state index contributed by atoms with van der Waals surface area (Å²) in [7, 11) is 1.84. The SMILES string of the molecule is CCC(C)NC(=NC)NCC1CCN(CC)C1. The Kier molecular flexibility index (Phi) is 6.34. The van der Waals surface area contributed by atoms with E-state index in [0.717, 1.165) is 24.8 Å². The van der Waals surface area contributed by atoms with Gasteiger partial charge in [-0.1, -0.05) is 13.8 Å². The number of guanidine groups is 1. The summed E-state index contributed by atoms with van der Waals surface area (Å²) in [5, 5.41) is 6.82. The average molecular weight is 240 g/mol. The minimum absolute atomic E-state index is 0.483. The molecule has 4 heteroatoms. The van der Waals surface area contributed by atoms with Gasteiger partial charge >= 0.3 is 0 Å². The molecule has 0 radical (unpaired) electrons. The summed E-state index contributed by atoms with van der Waals surface area (Å²) in [6, 6.07) is 0.483. The van der Waals surface area contributed by atoms with Crippen LogP contribution in [-0.4, -0.2) is 50.1 Å². The van der Waals surface area contributed by atoms with Crippen LogP contribution in [0.2, 0.25) is 0 Å². The fourth-order valence-corrected chi connectivity index (χ4v) is 2.14. The molecule has 0 aromatic rings. The minimum atomic E-state index is 0.483. The molecular weight excluding hydrogens is 212 g/mol. The highest BCUT2D eigenvalue weighted by atomic mass is 15.2. The van der Waals surface area contributed by atoms with E-state index in [1.54, 1.807) is 0 Å². The lowest BCUT2D eigenvalue weighted by molar-refractivity contribution is 0.341. The van der Waals surface area contributed by atoms with E-state index in [4.69, 9.17) is 0 Å². The van der Waals surface area contributed by atoms with E-state index in [1.807, 2.05) is 7.05 Å². The second-order valence-corrected chi connectivity index (χ2v) is 4.95. The molecule has 1 saturated heterocycles. The molecule has 0 aromatic carbocycles. The van der Waals surface area contributed by atoms with Crippen LogP contribution in [-0.2, 0) is 0 Å². The van der Waals surface area contributed by atoms with E-state index in [0.29, 0.717) is 6.04 Å². The maximum absolute atomic E-state index is 4.26. The molecule has 2 N–H and O–H groups in total. The van der Waals surface area contributed by atoms with Gasteiger partial charge in [0.2, 0.25) is 0 Å². The van der Waals surface area contributed by atoms with Gasteiger partial charge in [0.25, 0.3) is 0 Å². The van der Waals surface area contributed by atoms with Gasteiger partial charge in [0.15, 0.2) is 5.96 Å². The molecule has 1 rings (SSSR count). The summed E-state index contributed by atoms with van der Waals surface area (Å²) in [4.78, 5) is 6.77. The molecule has 0 aromatic heterocycles. The van der Waals surface area contributed by atoms with Crippen molar-refractivity contribution in [3.05, 3.63) is 0 Å². The number of rotatable bonds is 5. The fourth-order valence-electron chi connectivity index (χ4n) is 2.14. The van der Waals surface area contributed by atoms with Gasteiger partial charge in [0.05, 0.1) is 0 Å². The van der Waals surface area contributed by atoms with Crippen molar-refractivity contribution in [2.75, 3.05) is 33.2 Å². The topological polar surface area (TPSA) is 39.7 Å². The van der Waals surface area contributed by atoms with Crippen molar-refractivity contribution in [3.63, 3.8) is 0 Å². The third kappa shape index (κ3) is 4.94. The highest BCUT2D eigenvalue weighted by Gasteiger charge is 2.21. The number of hydrogen-bond acceptors (Lipinski definition) is 2. The van der Waals surface area contributed by atoms with Crippen LogP contribution >= 0.6 is 0 Å². The maximum Gasteiger partial charge on any atom is 0.191 e. The highest BCUT2D eigenvalue weighted by molar-refractivity contribution is 5.79. The van der Waals surface area contributed by atoms with Crippen molar-refractivity contribution in [2.45, 2.75) is 39.7 Å². The van der Waals surface area contributed by atoms with Crippen LogP contribution in [0.15, 0.2) is 4.99 Å². The summed E-state index contributed by atoms with van der Waals surface area (Å²) in [5.74, 6) is 1.71. The van der Waals surface area contributed by atoms with Crippen LogP contribution in [0.1, 0.15) is 33.6 Å². The van der Waals surface area contributed by atoms with Gasteiger partial charge in [-0.05, 0) is 38.8 Å². The Hall–Kier alpha value is -0.770. The molecule has 1 aliphatic heterocycles. The first-order valence-corrected chi connectivity index (χ1v) is 6.89. The molecule has 1 heterocycles. The van der Waals surface area contributed by atoms with Crippen LogP contribution in [0.3, 0.4) is 0 Å². The number of hydrogen-bond donors (Lipinski definition) is 2. The average Bonchev–Trinajstić information content (AvgIpc) is 2.82. The van der Waals surface area contributed by atoms with Gasteiger partial charge in [-0.25, -0.2) is 0 Å². The second kappa shape index (κ2) is 7.54. The molecule has 0 spiro atoms. The lowest BCUT2D eigenvalue weighted by Gasteiger charge is -2.19. The molecule has 17 heavy (non-hydrogen) atoms. The van der Waals surface area contributed by atoms with Gasteiger partial charge in [-0.3, -0.25) is 4.99 Å². The zero-order valence-electron chi connectivity index (χ0n) is 11.8. The summed E-state index contributed by atoms with van der Waals surface area (Å²) in [5.41, 5.74) is 0. The third-order valence-corrected chi connectivity index (χ3v) is 3.59. The Labute approximate surface area is 106 Å². The van der Waals surface area contributed by atoms with E-state index in [1.165, 1.54) is 26.1 Å². The summed E-state index contributed by atoms with van der Waals surface area (Å²) in [6.07, 6.45) is 2.43. The van der Waals surface area contributed by atoms with Crippen LogP contribution in [0.5, 0.6) is 0 Å². The Balaban J connectivity index is 2.24. The van der Waals surface area contributed by atoms with Crippen molar-refractivity contribution in [2.24, 2.45) is 10.9 Å². The second-order valence-electron chi connectivity index (χ2n) is 4.95. The smallest absolute Gasteiger partial charge is 0.191 e. The maximum atomic E-state index is 4.26. The van der Waals surface area contributed by atoms with Gasteiger partial charge in [0.1, 0.15) is 0 Å². The first-order valence-electron chi connectivity index (χ1n) is 6.89. The largest absolute Gasteiger partial charge is 0.356 e. The van der Waals surface area contributed by atoms with Crippen molar-refractivity contribution >= 4 is 5.96 Å². The molecule has 1 aliphatic rings. The number of aliphatic imine (C=N–C) groups is 1. The van der Waals surface area contributed by atoms with Crippen molar-refractivity contribution < 1.29 is 0 Å². The normalized spacial score (nSPS) is 23.8. The monoisotopic (exact) mass is 240 g/mol. The number of nitrogens with zero attached hydrogens (tertiary/aromatic N) is 2. The van der Waals surface area contributed by atoms with E-state index in [9.17, 15) is 0 Å². The van der Waals surface area contributed by atoms with Crippen molar-refractivity contribution in [1.82, 2.24) is 15.5 Å². The highest BCUT2D eigenvalue weighted by Crippen LogP contribution is 2.14.